The molecule has 1 amide bonds. The average Bonchev–Trinajstić information content (AvgIpc) is 3.21. The molecule has 124 valence electrons. The smallest absolute Gasteiger partial charge is 0.270 e. The first-order valence-electron chi connectivity index (χ1n) is 7.72. The summed E-state index contributed by atoms with van der Waals surface area (Å²) < 4.78 is 6.97. The van der Waals surface area contributed by atoms with Crippen LogP contribution in [0.5, 0.6) is 0 Å². The molecular formula is C18H18ClN3O2. The van der Waals surface area contributed by atoms with Gasteiger partial charge in [-0.2, -0.15) is 5.10 Å². The van der Waals surface area contributed by atoms with Gasteiger partial charge in [0.05, 0.1) is 12.0 Å². The highest BCUT2D eigenvalue weighted by Gasteiger charge is 2.19. The largest absolute Gasteiger partial charge is 0.463 e. The molecule has 0 saturated heterocycles. The summed E-state index contributed by atoms with van der Waals surface area (Å²) in [6.07, 6.45) is 1.58. The fourth-order valence-corrected chi connectivity index (χ4v) is 2.46. The fraction of sp³-hybridized carbons (Fsp3) is 0.222. The Balaban J connectivity index is 2.03. The zero-order valence-electron chi connectivity index (χ0n) is 13.5. The van der Waals surface area contributed by atoms with Crippen molar-refractivity contribution in [3.05, 3.63) is 59.4 Å². The number of nitrogens with one attached hydrogen (secondary N) is 1. The lowest BCUT2D eigenvalue weighted by atomic mass is 10.2. The third-order valence-corrected chi connectivity index (χ3v) is 3.67. The van der Waals surface area contributed by atoms with Crippen LogP contribution in [0.25, 0.3) is 17.1 Å². The molecule has 3 aromatic rings. The number of rotatable bonds is 5. The Labute approximate surface area is 145 Å². The van der Waals surface area contributed by atoms with Crippen molar-refractivity contribution in [3.8, 4) is 17.1 Å². The topological polar surface area (TPSA) is 60.1 Å². The first-order chi connectivity index (χ1) is 11.5. The van der Waals surface area contributed by atoms with Crippen molar-refractivity contribution in [2.75, 3.05) is 6.54 Å². The number of amides is 1. The molecule has 5 nitrogen and oxygen atoms in total. The molecule has 0 bridgehead atoms. The number of hydrogen-bond acceptors (Lipinski definition) is 3. The lowest BCUT2D eigenvalue weighted by Gasteiger charge is -2.10. The molecule has 3 rings (SSSR count). The molecule has 6 heteroatoms. The van der Waals surface area contributed by atoms with E-state index in [0.29, 0.717) is 34.6 Å². The third kappa shape index (κ3) is 3.51. The van der Waals surface area contributed by atoms with Crippen LogP contribution in [-0.2, 0) is 0 Å². The van der Waals surface area contributed by atoms with Gasteiger partial charge in [0.15, 0.2) is 5.76 Å². The molecule has 0 fully saturated rings. The highest BCUT2D eigenvalue weighted by molar-refractivity contribution is 6.30. The summed E-state index contributed by atoms with van der Waals surface area (Å²) in [7, 11) is 0. The molecule has 0 aliphatic heterocycles. The van der Waals surface area contributed by atoms with Crippen molar-refractivity contribution >= 4 is 17.5 Å². The van der Waals surface area contributed by atoms with Gasteiger partial charge in [-0.05, 0) is 36.2 Å². The van der Waals surface area contributed by atoms with Gasteiger partial charge >= 0.3 is 0 Å². The van der Waals surface area contributed by atoms with E-state index in [1.807, 2.05) is 26.0 Å². The fourth-order valence-electron chi connectivity index (χ4n) is 2.28. The van der Waals surface area contributed by atoms with Gasteiger partial charge in [-0.3, -0.25) is 4.79 Å². The molecule has 1 aromatic carbocycles. The summed E-state index contributed by atoms with van der Waals surface area (Å²) in [5.41, 5.74) is 1.74. The van der Waals surface area contributed by atoms with Crippen LogP contribution in [-0.4, -0.2) is 22.2 Å². The monoisotopic (exact) mass is 343 g/mol. The molecule has 0 radical (unpaired) electrons. The van der Waals surface area contributed by atoms with Gasteiger partial charge in [-0.15, -0.1) is 0 Å². The molecule has 0 aliphatic carbocycles. The molecular weight excluding hydrogens is 326 g/mol. The molecule has 0 atom stereocenters. The van der Waals surface area contributed by atoms with Crippen LogP contribution >= 0.6 is 11.6 Å². The maximum absolute atomic E-state index is 12.6. The quantitative estimate of drug-likeness (QED) is 0.756. The Bertz CT molecular complexity index is 838. The van der Waals surface area contributed by atoms with Crippen LogP contribution < -0.4 is 5.32 Å². The van der Waals surface area contributed by atoms with E-state index in [4.69, 9.17) is 16.0 Å². The maximum Gasteiger partial charge on any atom is 0.270 e. The highest BCUT2D eigenvalue weighted by atomic mass is 35.5. The van der Waals surface area contributed by atoms with Gasteiger partial charge in [-0.25, -0.2) is 4.68 Å². The third-order valence-electron chi connectivity index (χ3n) is 3.44. The summed E-state index contributed by atoms with van der Waals surface area (Å²) >= 11 is 6.08. The first-order valence-corrected chi connectivity index (χ1v) is 8.10. The van der Waals surface area contributed by atoms with E-state index in [0.717, 1.165) is 5.69 Å². The Morgan fingerprint density at radius 2 is 2.12 bits per heavy atom. The maximum atomic E-state index is 12.6. The van der Waals surface area contributed by atoms with Crippen LogP contribution in [0.15, 0.2) is 53.1 Å². The lowest BCUT2D eigenvalue weighted by molar-refractivity contribution is 0.0941. The average molecular weight is 344 g/mol. The number of halogens is 1. The summed E-state index contributed by atoms with van der Waals surface area (Å²) in [4.78, 5) is 12.6. The van der Waals surface area contributed by atoms with Crippen molar-refractivity contribution in [3.63, 3.8) is 0 Å². The van der Waals surface area contributed by atoms with Crippen molar-refractivity contribution in [2.45, 2.75) is 13.8 Å². The number of hydrogen-bond donors (Lipinski definition) is 1. The van der Waals surface area contributed by atoms with Crippen molar-refractivity contribution in [1.82, 2.24) is 15.1 Å². The second kappa shape index (κ2) is 6.93. The molecule has 0 aliphatic rings. The van der Waals surface area contributed by atoms with Crippen LogP contribution in [0.2, 0.25) is 5.02 Å². The molecule has 1 N–H and O–H groups in total. The summed E-state index contributed by atoms with van der Waals surface area (Å²) in [5.74, 6) is 0.781. The summed E-state index contributed by atoms with van der Waals surface area (Å²) in [5, 5.41) is 8.01. The molecule has 0 saturated carbocycles. The van der Waals surface area contributed by atoms with Crippen LogP contribution in [0.3, 0.4) is 0 Å². The Hall–Kier alpha value is -2.53. The number of aromatic nitrogens is 2. The molecule has 24 heavy (non-hydrogen) atoms. The second-order valence-electron chi connectivity index (χ2n) is 5.89. The summed E-state index contributed by atoms with van der Waals surface area (Å²) in [6, 6.07) is 12.5. The van der Waals surface area contributed by atoms with Crippen LogP contribution in [0.1, 0.15) is 24.3 Å². The predicted octanol–water partition coefficient (Wildman–Crippen LogP) is 4.17. The summed E-state index contributed by atoms with van der Waals surface area (Å²) in [6.45, 7) is 4.68. The van der Waals surface area contributed by atoms with Gasteiger partial charge in [0.1, 0.15) is 11.4 Å². The zero-order chi connectivity index (χ0) is 17.1. The Morgan fingerprint density at radius 1 is 1.29 bits per heavy atom. The lowest BCUT2D eigenvalue weighted by Crippen LogP contribution is -2.29. The highest BCUT2D eigenvalue weighted by Crippen LogP contribution is 2.23. The number of carbonyl (C=O) groups is 1. The first kappa shape index (κ1) is 16.3. The van der Waals surface area contributed by atoms with Crippen molar-refractivity contribution in [1.29, 1.82) is 0 Å². The number of furan rings is 1. The SMILES string of the molecule is CC(C)CNC(=O)c1cc(-c2ccco2)nn1-c1cccc(Cl)c1. The van der Waals surface area contributed by atoms with E-state index in [-0.39, 0.29) is 5.91 Å². The van der Waals surface area contributed by atoms with E-state index >= 15 is 0 Å². The molecule has 0 unspecified atom stereocenters. The van der Waals surface area contributed by atoms with Crippen LogP contribution in [0.4, 0.5) is 0 Å². The minimum atomic E-state index is -0.186. The van der Waals surface area contributed by atoms with Gasteiger partial charge in [0.25, 0.3) is 5.91 Å². The van der Waals surface area contributed by atoms with E-state index in [2.05, 4.69) is 10.4 Å². The van der Waals surface area contributed by atoms with Crippen molar-refractivity contribution in [2.24, 2.45) is 5.92 Å². The van der Waals surface area contributed by atoms with E-state index < -0.39 is 0 Å². The van der Waals surface area contributed by atoms with Crippen molar-refractivity contribution < 1.29 is 9.21 Å². The molecule has 0 spiro atoms. The Morgan fingerprint density at radius 3 is 2.79 bits per heavy atom. The van der Waals surface area contributed by atoms with E-state index in [9.17, 15) is 4.79 Å². The molecule has 2 heterocycles. The van der Waals surface area contributed by atoms with Gasteiger partial charge in [0, 0.05) is 17.6 Å². The number of nitrogens with zero attached hydrogens (tertiary/aromatic N) is 2. The van der Waals surface area contributed by atoms with Gasteiger partial charge in [0.2, 0.25) is 0 Å². The van der Waals surface area contributed by atoms with E-state index in [1.54, 1.807) is 41.3 Å². The minimum Gasteiger partial charge on any atom is -0.463 e. The normalized spacial score (nSPS) is 11.0. The number of carbonyl (C=O) groups excluding carboxylic acids is 1. The number of benzene rings is 1. The Kier molecular flexibility index (Phi) is 4.71. The van der Waals surface area contributed by atoms with E-state index in [1.165, 1.54) is 0 Å². The van der Waals surface area contributed by atoms with Gasteiger partial charge < -0.3 is 9.73 Å². The minimum absolute atomic E-state index is 0.186. The standard InChI is InChI=1S/C18H18ClN3O2/c1-12(2)11-20-18(23)16-10-15(17-7-4-8-24-17)21-22(16)14-6-3-5-13(19)9-14/h3-10,12H,11H2,1-2H3,(H,20,23). The molecule has 2 aromatic heterocycles. The predicted molar refractivity (Wildman–Crippen MR) is 93.4 cm³/mol. The van der Waals surface area contributed by atoms with Gasteiger partial charge in [-0.1, -0.05) is 31.5 Å². The van der Waals surface area contributed by atoms with Crippen LogP contribution in [0, 0.1) is 5.92 Å². The zero-order valence-corrected chi connectivity index (χ0v) is 14.2. The second-order valence-corrected chi connectivity index (χ2v) is 6.32.